The second kappa shape index (κ2) is 10.1. The Morgan fingerprint density at radius 3 is 2.57 bits per heavy atom. The van der Waals surface area contributed by atoms with Crippen LogP contribution in [-0.2, 0) is 4.74 Å². The van der Waals surface area contributed by atoms with Gasteiger partial charge in [-0.25, -0.2) is 28.3 Å². The average Bonchev–Trinajstić information content (AvgIpc) is 3.28. The number of likely N-dealkylation sites (N-methyl/N-ethyl adjacent to an activating group) is 1. The van der Waals surface area contributed by atoms with Crippen LogP contribution in [0.25, 0.3) is 0 Å². The number of fused-ring (bicyclic) bond motifs is 3. The highest BCUT2D eigenvalue weighted by atomic mass is 35.5. The average molecular weight is 557 g/mol. The minimum Gasteiger partial charge on any atom is -0.443 e. The van der Waals surface area contributed by atoms with E-state index in [1.807, 2.05) is 0 Å². The highest BCUT2D eigenvalue weighted by Crippen LogP contribution is 2.36. The first-order valence-corrected chi connectivity index (χ1v) is 13.2. The fourth-order valence-corrected chi connectivity index (χ4v) is 5.75. The Balaban J connectivity index is 1.23. The lowest BCUT2D eigenvalue weighted by molar-refractivity contribution is -0.0760. The number of urea groups is 1. The summed E-state index contributed by atoms with van der Waals surface area (Å²) in [5.74, 6) is -2.75. The lowest BCUT2D eigenvalue weighted by atomic mass is 9.83. The van der Waals surface area contributed by atoms with Crippen LogP contribution in [-0.4, -0.2) is 94.2 Å². The molecule has 15 heteroatoms. The van der Waals surface area contributed by atoms with Gasteiger partial charge in [0.25, 0.3) is 5.92 Å². The van der Waals surface area contributed by atoms with Gasteiger partial charge in [0.2, 0.25) is 5.95 Å². The topological polar surface area (TPSA) is 116 Å². The van der Waals surface area contributed by atoms with E-state index in [9.17, 15) is 18.4 Å². The molecule has 1 atom stereocenters. The van der Waals surface area contributed by atoms with Gasteiger partial charge in [-0.15, -0.1) is 0 Å². The molecular weight excluding hydrogens is 530 g/mol. The van der Waals surface area contributed by atoms with Crippen molar-refractivity contribution in [1.29, 1.82) is 0 Å². The van der Waals surface area contributed by atoms with Crippen molar-refractivity contribution in [3.63, 3.8) is 0 Å². The summed E-state index contributed by atoms with van der Waals surface area (Å²) in [5, 5.41) is 5.35. The summed E-state index contributed by atoms with van der Waals surface area (Å²) in [5.41, 5.74) is -0.449. The van der Waals surface area contributed by atoms with Crippen molar-refractivity contribution < 1.29 is 23.1 Å². The van der Waals surface area contributed by atoms with Crippen LogP contribution in [0.5, 0.6) is 0 Å². The molecule has 0 unspecified atom stereocenters. The molecule has 0 saturated carbocycles. The number of carbonyl (C=O) groups excluding carboxylic acids is 2. The molecule has 3 amide bonds. The van der Waals surface area contributed by atoms with Crippen molar-refractivity contribution >= 4 is 52.0 Å². The molecule has 0 aromatic carbocycles. The Kier molecular flexibility index (Phi) is 7.07. The van der Waals surface area contributed by atoms with Crippen LogP contribution in [0.2, 0.25) is 4.34 Å². The number of thiazole rings is 1. The Morgan fingerprint density at radius 1 is 1.16 bits per heavy atom. The molecule has 2 N–H and O–H groups in total. The number of nitrogens with one attached hydrogen (secondary N) is 2. The molecule has 4 fully saturated rings. The number of hydrogen-bond acceptors (Lipinski definition) is 9. The smallest absolute Gasteiger partial charge is 0.413 e. The number of nitrogens with zero attached hydrogens (tertiary/aromatic N) is 6. The molecule has 2 aromatic rings. The summed E-state index contributed by atoms with van der Waals surface area (Å²) < 4.78 is 35.9. The number of carbonyl (C=O) groups is 2. The zero-order valence-electron chi connectivity index (χ0n) is 20.1. The molecule has 0 radical (unpaired) electrons. The summed E-state index contributed by atoms with van der Waals surface area (Å²) in [6.45, 7) is 2.51. The van der Waals surface area contributed by atoms with Crippen molar-refractivity contribution in [3.05, 3.63) is 22.8 Å². The maximum Gasteiger partial charge on any atom is 0.413 e. The summed E-state index contributed by atoms with van der Waals surface area (Å²) in [6, 6.07) is -0.664. The fraction of sp³-hybridized carbons (Fsp3) is 0.591. The van der Waals surface area contributed by atoms with E-state index in [0.29, 0.717) is 4.34 Å². The van der Waals surface area contributed by atoms with Gasteiger partial charge in [0.05, 0.1) is 6.20 Å². The van der Waals surface area contributed by atoms with E-state index in [1.54, 1.807) is 4.90 Å². The van der Waals surface area contributed by atoms with Crippen LogP contribution in [0, 0.1) is 0 Å². The SMILES string of the molecule is CN(C(=O)Nc1ncc(Cl)s1)[C@H]1CN(c2nccc(NC(=O)OC34CCN(CC3)CC4)n2)CCC1(F)F. The molecule has 11 nitrogen and oxygen atoms in total. The van der Waals surface area contributed by atoms with Crippen LogP contribution in [0.15, 0.2) is 18.5 Å². The molecule has 4 aliphatic heterocycles. The van der Waals surface area contributed by atoms with Crippen LogP contribution >= 0.6 is 22.9 Å². The van der Waals surface area contributed by atoms with Crippen molar-refractivity contribution in [2.24, 2.45) is 0 Å². The van der Waals surface area contributed by atoms with Gasteiger partial charge in [-0.05, 0) is 6.07 Å². The predicted molar refractivity (Wildman–Crippen MR) is 135 cm³/mol. The van der Waals surface area contributed by atoms with Gasteiger partial charge in [-0.1, -0.05) is 22.9 Å². The van der Waals surface area contributed by atoms with Crippen LogP contribution in [0.1, 0.15) is 25.7 Å². The van der Waals surface area contributed by atoms with Crippen molar-refractivity contribution in [2.75, 3.05) is 55.3 Å². The second-order valence-electron chi connectivity index (χ2n) is 9.51. The van der Waals surface area contributed by atoms with Gasteiger partial charge < -0.3 is 19.4 Å². The Hall–Kier alpha value is -2.84. The molecule has 0 spiro atoms. The number of halogens is 3. The summed E-state index contributed by atoms with van der Waals surface area (Å²) >= 11 is 6.86. The summed E-state index contributed by atoms with van der Waals surface area (Å²) in [6.07, 6.45) is 4.12. The van der Waals surface area contributed by atoms with E-state index in [-0.39, 0.29) is 30.0 Å². The third-order valence-electron chi connectivity index (χ3n) is 7.19. The number of anilines is 3. The highest BCUT2D eigenvalue weighted by Gasteiger charge is 2.48. The molecule has 6 heterocycles. The first kappa shape index (κ1) is 25.8. The molecule has 0 aliphatic carbocycles. The predicted octanol–water partition coefficient (Wildman–Crippen LogP) is 3.75. The van der Waals surface area contributed by atoms with Gasteiger partial charge in [0.15, 0.2) is 5.13 Å². The number of piperidine rings is 4. The fourth-order valence-electron chi connectivity index (χ4n) is 4.95. The van der Waals surface area contributed by atoms with Crippen LogP contribution in [0.3, 0.4) is 0 Å². The molecule has 4 aliphatic rings. The van der Waals surface area contributed by atoms with E-state index in [2.05, 4.69) is 30.5 Å². The maximum atomic E-state index is 14.9. The molecule has 37 heavy (non-hydrogen) atoms. The summed E-state index contributed by atoms with van der Waals surface area (Å²) in [4.78, 5) is 42.6. The van der Waals surface area contributed by atoms with Crippen LogP contribution in [0.4, 0.5) is 35.3 Å². The number of alkyl halides is 2. The zero-order valence-corrected chi connectivity index (χ0v) is 21.7. The number of hydrogen-bond donors (Lipinski definition) is 2. The van der Waals surface area contributed by atoms with Gasteiger partial charge in [0, 0.05) is 71.7 Å². The normalized spacial score (nSPS) is 26.4. The monoisotopic (exact) mass is 556 g/mol. The largest absolute Gasteiger partial charge is 0.443 e. The Morgan fingerprint density at radius 2 is 1.89 bits per heavy atom. The molecule has 6 rings (SSSR count). The minimum atomic E-state index is -3.13. The molecule has 2 bridgehead atoms. The highest BCUT2D eigenvalue weighted by molar-refractivity contribution is 7.19. The summed E-state index contributed by atoms with van der Waals surface area (Å²) in [7, 11) is 1.30. The molecule has 2 aromatic heterocycles. The lowest BCUT2D eigenvalue weighted by Crippen LogP contribution is -2.60. The first-order valence-electron chi connectivity index (χ1n) is 12.0. The van der Waals surface area contributed by atoms with Crippen LogP contribution < -0.4 is 15.5 Å². The third kappa shape index (κ3) is 5.70. The van der Waals surface area contributed by atoms with Crippen molar-refractivity contribution in [3.8, 4) is 0 Å². The standard InChI is InChI=1S/C22H27ClF2N8O3S/c1-31(19(34)30-18-27-12-15(23)37-18)14-13-33(11-6-22(14,24)25)17-26-7-2-16(28-17)29-20(35)36-21-3-8-32(9-4-21)10-5-21/h2,7,12,14H,3-6,8-11,13H2,1H3,(H,27,30,34)(H,26,28,29,35)/t14-/m0/s1. The van der Waals surface area contributed by atoms with E-state index in [4.69, 9.17) is 16.3 Å². The zero-order chi connectivity index (χ0) is 26.2. The number of amides is 3. The van der Waals surface area contributed by atoms with Gasteiger partial charge in [-0.2, -0.15) is 4.98 Å². The van der Waals surface area contributed by atoms with E-state index in [1.165, 1.54) is 25.5 Å². The molecular formula is C22H27ClF2N8O3S. The molecule has 4 saturated heterocycles. The number of aromatic nitrogens is 3. The first-order chi connectivity index (χ1) is 17.6. The molecule has 200 valence electrons. The Labute approximate surface area is 221 Å². The second-order valence-corrected chi connectivity index (χ2v) is 11.2. The third-order valence-corrected chi connectivity index (χ3v) is 8.22. The minimum absolute atomic E-state index is 0.0193. The van der Waals surface area contributed by atoms with Gasteiger partial charge >= 0.3 is 12.1 Å². The number of rotatable bonds is 5. The van der Waals surface area contributed by atoms with Crippen molar-refractivity contribution in [2.45, 2.75) is 43.2 Å². The van der Waals surface area contributed by atoms with Crippen molar-refractivity contribution in [1.82, 2.24) is 24.8 Å². The Bertz CT molecular complexity index is 1150. The van der Waals surface area contributed by atoms with E-state index in [0.717, 1.165) is 55.1 Å². The van der Waals surface area contributed by atoms with Gasteiger partial charge in [-0.3, -0.25) is 10.6 Å². The van der Waals surface area contributed by atoms with Gasteiger partial charge in [0.1, 0.15) is 21.8 Å². The quantitative estimate of drug-likeness (QED) is 0.572. The van der Waals surface area contributed by atoms with E-state index < -0.39 is 36.1 Å². The van der Waals surface area contributed by atoms with E-state index >= 15 is 0 Å². The lowest BCUT2D eigenvalue weighted by Gasteiger charge is -2.47. The number of ether oxygens (including phenoxy) is 1. The maximum absolute atomic E-state index is 14.9.